The first-order valence-corrected chi connectivity index (χ1v) is 7.56. The highest BCUT2D eigenvalue weighted by atomic mass is 16.5. The molecule has 0 bridgehead atoms. The van der Waals surface area contributed by atoms with E-state index >= 15 is 0 Å². The van der Waals surface area contributed by atoms with Crippen LogP contribution in [0.5, 0.6) is 5.75 Å². The van der Waals surface area contributed by atoms with Gasteiger partial charge >= 0.3 is 0 Å². The Hall–Kier alpha value is -3.15. The lowest BCUT2D eigenvalue weighted by molar-refractivity contribution is -0.116. The van der Waals surface area contributed by atoms with Crippen LogP contribution in [-0.2, 0) is 11.3 Å². The number of nitrogens with one attached hydrogen (secondary N) is 1. The maximum atomic E-state index is 12.2. The molecule has 0 spiro atoms. The van der Waals surface area contributed by atoms with Crippen molar-refractivity contribution in [1.82, 2.24) is 9.55 Å². The normalized spacial score (nSPS) is 10.5. The van der Waals surface area contributed by atoms with Crippen LogP contribution in [0.15, 0.2) is 59.7 Å². The number of methoxy groups -OCH3 is 1. The molecule has 0 fully saturated rings. The Bertz CT molecular complexity index is 934. The Morgan fingerprint density at radius 2 is 2.08 bits per heavy atom. The quantitative estimate of drug-likeness (QED) is 0.782. The number of benzene rings is 1. The van der Waals surface area contributed by atoms with Crippen LogP contribution in [0, 0.1) is 0 Å². The molecule has 6 nitrogen and oxygen atoms in total. The predicted octanol–water partition coefficient (Wildman–Crippen LogP) is 2.43. The maximum Gasteiger partial charge on any atom is 0.250 e. The average molecular weight is 323 g/mol. The number of carbonyl (C=O) groups is 1. The Kier molecular flexibility index (Phi) is 4.56. The van der Waals surface area contributed by atoms with Crippen LogP contribution in [-0.4, -0.2) is 22.6 Å². The predicted molar refractivity (Wildman–Crippen MR) is 92.2 cm³/mol. The molecule has 6 heteroatoms. The number of aromatic nitrogens is 2. The number of hydrogen-bond acceptors (Lipinski definition) is 4. The molecule has 0 aliphatic rings. The smallest absolute Gasteiger partial charge is 0.250 e. The van der Waals surface area contributed by atoms with Crippen LogP contribution in [0.3, 0.4) is 0 Å². The standard InChI is InChI=1S/C18H17N3O3/c1-24-15-8-7-14(13-5-4-10-19-18(13)15)20-16(22)9-12-21-11-3-2-6-17(21)23/h2-8,10-11H,9,12H2,1H3,(H,20,22). The van der Waals surface area contributed by atoms with E-state index in [1.807, 2.05) is 6.07 Å². The topological polar surface area (TPSA) is 73.2 Å². The number of rotatable bonds is 5. The first-order chi connectivity index (χ1) is 11.7. The van der Waals surface area contributed by atoms with Crippen LogP contribution in [0.4, 0.5) is 5.69 Å². The van der Waals surface area contributed by atoms with Crippen LogP contribution in [0.1, 0.15) is 6.42 Å². The van der Waals surface area contributed by atoms with Gasteiger partial charge in [-0.25, -0.2) is 0 Å². The molecule has 1 N–H and O–H groups in total. The van der Waals surface area contributed by atoms with E-state index in [0.29, 0.717) is 23.5 Å². The molecular formula is C18H17N3O3. The molecule has 24 heavy (non-hydrogen) atoms. The second-order valence-electron chi connectivity index (χ2n) is 5.25. The monoisotopic (exact) mass is 323 g/mol. The Balaban J connectivity index is 1.76. The van der Waals surface area contributed by atoms with Gasteiger partial charge in [0.15, 0.2) is 0 Å². The Morgan fingerprint density at radius 3 is 2.88 bits per heavy atom. The zero-order valence-corrected chi connectivity index (χ0v) is 13.2. The van der Waals surface area contributed by atoms with Gasteiger partial charge in [0, 0.05) is 36.8 Å². The highest BCUT2D eigenvalue weighted by Crippen LogP contribution is 2.29. The maximum absolute atomic E-state index is 12.2. The van der Waals surface area contributed by atoms with Gasteiger partial charge in [-0.05, 0) is 30.3 Å². The fourth-order valence-corrected chi connectivity index (χ4v) is 2.50. The van der Waals surface area contributed by atoms with Crippen molar-refractivity contribution in [3.05, 3.63) is 65.2 Å². The third-order valence-corrected chi connectivity index (χ3v) is 3.71. The van der Waals surface area contributed by atoms with Gasteiger partial charge < -0.3 is 14.6 Å². The summed E-state index contributed by atoms with van der Waals surface area (Å²) in [5.74, 6) is 0.487. The van der Waals surface area contributed by atoms with E-state index in [1.54, 1.807) is 49.8 Å². The van der Waals surface area contributed by atoms with Crippen molar-refractivity contribution < 1.29 is 9.53 Å². The number of pyridine rings is 2. The van der Waals surface area contributed by atoms with E-state index in [-0.39, 0.29) is 17.9 Å². The summed E-state index contributed by atoms with van der Waals surface area (Å²) in [7, 11) is 1.58. The van der Waals surface area contributed by atoms with E-state index in [9.17, 15) is 9.59 Å². The van der Waals surface area contributed by atoms with Gasteiger partial charge in [-0.2, -0.15) is 0 Å². The van der Waals surface area contributed by atoms with Crippen molar-refractivity contribution in [2.75, 3.05) is 12.4 Å². The number of hydrogen-bond donors (Lipinski definition) is 1. The van der Waals surface area contributed by atoms with Gasteiger partial charge in [0.25, 0.3) is 5.56 Å². The van der Waals surface area contributed by atoms with E-state index in [0.717, 1.165) is 5.39 Å². The molecular weight excluding hydrogens is 306 g/mol. The van der Waals surface area contributed by atoms with Gasteiger partial charge in [0.2, 0.25) is 5.91 Å². The average Bonchev–Trinajstić information content (AvgIpc) is 2.61. The summed E-state index contributed by atoms with van der Waals surface area (Å²) in [6.45, 7) is 0.331. The fourth-order valence-electron chi connectivity index (χ4n) is 2.50. The molecule has 0 aliphatic carbocycles. The number of ether oxygens (including phenoxy) is 1. The molecule has 3 aromatic rings. The summed E-state index contributed by atoms with van der Waals surface area (Å²) in [4.78, 5) is 28.2. The zero-order valence-electron chi connectivity index (χ0n) is 13.2. The summed E-state index contributed by atoms with van der Waals surface area (Å²) in [6.07, 6.45) is 3.55. The molecule has 2 aromatic heterocycles. The highest BCUT2D eigenvalue weighted by Gasteiger charge is 2.10. The number of amides is 1. The van der Waals surface area contributed by atoms with Crippen LogP contribution >= 0.6 is 0 Å². The number of anilines is 1. The van der Waals surface area contributed by atoms with Crippen molar-refractivity contribution in [2.45, 2.75) is 13.0 Å². The molecule has 1 amide bonds. The van der Waals surface area contributed by atoms with Crippen molar-refractivity contribution in [2.24, 2.45) is 0 Å². The second-order valence-corrected chi connectivity index (χ2v) is 5.25. The van der Waals surface area contributed by atoms with Gasteiger partial charge in [-0.1, -0.05) is 6.07 Å². The SMILES string of the molecule is COc1ccc(NC(=O)CCn2ccccc2=O)c2cccnc12. The number of aryl methyl sites for hydroxylation is 1. The van der Waals surface area contributed by atoms with Gasteiger partial charge in [0.1, 0.15) is 11.3 Å². The van der Waals surface area contributed by atoms with E-state index in [4.69, 9.17) is 4.74 Å². The van der Waals surface area contributed by atoms with Crippen LogP contribution in [0.2, 0.25) is 0 Å². The lowest BCUT2D eigenvalue weighted by Gasteiger charge is -2.11. The second kappa shape index (κ2) is 6.95. The first-order valence-electron chi connectivity index (χ1n) is 7.56. The minimum absolute atomic E-state index is 0.121. The number of fused-ring (bicyclic) bond motifs is 1. The molecule has 122 valence electrons. The van der Waals surface area contributed by atoms with E-state index in [2.05, 4.69) is 10.3 Å². The molecule has 0 radical (unpaired) electrons. The molecule has 3 rings (SSSR count). The lowest BCUT2D eigenvalue weighted by atomic mass is 10.1. The minimum Gasteiger partial charge on any atom is -0.494 e. The van der Waals surface area contributed by atoms with E-state index < -0.39 is 0 Å². The molecule has 0 unspecified atom stereocenters. The molecule has 0 atom stereocenters. The van der Waals surface area contributed by atoms with Crippen molar-refractivity contribution in [1.29, 1.82) is 0 Å². The first kappa shape index (κ1) is 15.7. The van der Waals surface area contributed by atoms with E-state index in [1.165, 1.54) is 10.6 Å². The molecule has 1 aromatic carbocycles. The molecule has 2 heterocycles. The third kappa shape index (κ3) is 3.27. The summed E-state index contributed by atoms with van der Waals surface area (Å²) in [6, 6.07) is 12.2. The molecule has 0 aliphatic heterocycles. The Morgan fingerprint density at radius 1 is 1.21 bits per heavy atom. The van der Waals surface area contributed by atoms with Crippen molar-refractivity contribution in [3.8, 4) is 5.75 Å². The zero-order chi connectivity index (χ0) is 16.9. The van der Waals surface area contributed by atoms with Crippen LogP contribution in [0.25, 0.3) is 10.9 Å². The summed E-state index contributed by atoms with van der Waals surface area (Å²) < 4.78 is 6.80. The number of carbonyl (C=O) groups excluding carboxylic acids is 1. The summed E-state index contributed by atoms with van der Waals surface area (Å²) in [5, 5.41) is 3.68. The minimum atomic E-state index is -0.166. The highest BCUT2D eigenvalue weighted by molar-refractivity contribution is 6.02. The summed E-state index contributed by atoms with van der Waals surface area (Å²) in [5.41, 5.74) is 1.24. The van der Waals surface area contributed by atoms with Crippen molar-refractivity contribution >= 4 is 22.5 Å². The number of nitrogens with zero attached hydrogens (tertiary/aromatic N) is 2. The largest absolute Gasteiger partial charge is 0.494 e. The van der Waals surface area contributed by atoms with Gasteiger partial charge in [0.05, 0.1) is 12.8 Å². The third-order valence-electron chi connectivity index (χ3n) is 3.71. The Labute approximate surface area is 138 Å². The van der Waals surface area contributed by atoms with Gasteiger partial charge in [-0.15, -0.1) is 0 Å². The molecule has 0 saturated heterocycles. The lowest BCUT2D eigenvalue weighted by Crippen LogP contribution is -2.21. The van der Waals surface area contributed by atoms with Crippen LogP contribution < -0.4 is 15.6 Å². The fraction of sp³-hybridized carbons (Fsp3) is 0.167. The van der Waals surface area contributed by atoms with Gasteiger partial charge in [-0.3, -0.25) is 14.6 Å². The molecule has 0 saturated carbocycles. The summed E-state index contributed by atoms with van der Waals surface area (Å²) >= 11 is 0. The van der Waals surface area contributed by atoms with Crippen molar-refractivity contribution in [3.63, 3.8) is 0 Å².